The van der Waals surface area contributed by atoms with Gasteiger partial charge in [-0.2, -0.15) is 25.3 Å². The Hall–Kier alpha value is -12.3. The lowest BCUT2D eigenvalue weighted by Gasteiger charge is -2.27. The van der Waals surface area contributed by atoms with Crippen LogP contribution in [0.1, 0.15) is 81.5 Å². The molecule has 11 atom stereocenters. The molecular formula is C73H94N18O19S2. The number of carboxylic acids is 1. The number of fused-ring (bicyclic) bond motifs is 2. The maximum Gasteiger partial charge on any atom is 0.326 e. The number of H-pyrrole nitrogens is 2. The van der Waals surface area contributed by atoms with E-state index in [0.29, 0.717) is 44.1 Å². The van der Waals surface area contributed by atoms with Crippen LogP contribution in [0.15, 0.2) is 109 Å². The summed E-state index contributed by atoms with van der Waals surface area (Å²) in [5.41, 5.74) is 25.2. The molecule has 2 heterocycles. The second-order valence-corrected chi connectivity index (χ2v) is 27.6. The van der Waals surface area contributed by atoms with Crippen molar-refractivity contribution in [3.8, 4) is 11.5 Å². The molecule has 15 amide bonds. The summed E-state index contributed by atoms with van der Waals surface area (Å²) in [7, 11) is 0. The van der Waals surface area contributed by atoms with E-state index in [-0.39, 0.29) is 68.1 Å². The normalized spacial score (nSPS) is 14.1. The van der Waals surface area contributed by atoms with Crippen molar-refractivity contribution in [2.24, 2.45) is 28.9 Å². The first-order valence-electron chi connectivity index (χ1n) is 35.4. The van der Waals surface area contributed by atoms with Gasteiger partial charge in [0.25, 0.3) is 0 Å². The Morgan fingerprint density at radius 2 is 0.768 bits per heavy atom. The quantitative estimate of drug-likeness (QED) is 0.0163. The molecule has 0 bridgehead atoms. The van der Waals surface area contributed by atoms with Crippen molar-refractivity contribution in [1.82, 2.24) is 73.8 Å². The molecule has 6 aromatic rings. The summed E-state index contributed by atoms with van der Waals surface area (Å²) in [6.07, 6.45) is -0.0930. The van der Waals surface area contributed by atoms with E-state index in [4.69, 9.17) is 22.9 Å². The van der Waals surface area contributed by atoms with Gasteiger partial charge in [0, 0.05) is 84.2 Å². The van der Waals surface area contributed by atoms with E-state index in [1.807, 2.05) is 0 Å². The predicted molar refractivity (Wildman–Crippen MR) is 412 cm³/mol. The lowest BCUT2D eigenvalue weighted by molar-refractivity contribution is -0.143. The third-order valence-corrected chi connectivity index (χ3v) is 18.2. The van der Waals surface area contributed by atoms with Crippen molar-refractivity contribution >= 4 is 142 Å². The third-order valence-electron chi connectivity index (χ3n) is 17.5. The van der Waals surface area contributed by atoms with Crippen molar-refractivity contribution in [1.29, 1.82) is 0 Å². The van der Waals surface area contributed by atoms with Crippen molar-refractivity contribution in [3.05, 3.63) is 132 Å². The average Bonchev–Trinajstić information content (AvgIpc) is 1.42. The molecule has 6 rings (SSSR count). The summed E-state index contributed by atoms with van der Waals surface area (Å²) in [4.78, 5) is 221. The van der Waals surface area contributed by atoms with Gasteiger partial charge in [-0.05, 0) is 90.8 Å². The molecule has 0 aliphatic carbocycles. The Labute approximate surface area is 652 Å². The number of hydrogen-bond donors (Lipinski definition) is 23. The smallest absolute Gasteiger partial charge is 0.326 e. The molecule has 0 aliphatic rings. The summed E-state index contributed by atoms with van der Waals surface area (Å²) >= 11 is 8.57. The lowest BCUT2D eigenvalue weighted by Crippen LogP contribution is -2.61. The molecule has 0 saturated carbocycles. The summed E-state index contributed by atoms with van der Waals surface area (Å²) < 4.78 is 0. The molecule has 25 N–H and O–H groups in total. The van der Waals surface area contributed by atoms with Crippen LogP contribution in [0.2, 0.25) is 0 Å². The van der Waals surface area contributed by atoms with Crippen LogP contribution in [-0.4, -0.2) is 211 Å². The molecule has 0 saturated heterocycles. The Morgan fingerprint density at radius 3 is 1.21 bits per heavy atom. The fourth-order valence-corrected chi connectivity index (χ4v) is 12.0. The van der Waals surface area contributed by atoms with Crippen LogP contribution in [-0.2, 0) is 102 Å². The number of para-hydroxylation sites is 2. The number of nitrogens with one attached hydrogen (secondary N) is 14. The number of nitrogens with two attached hydrogens (primary N) is 4. The molecule has 4 aromatic carbocycles. The summed E-state index contributed by atoms with van der Waals surface area (Å²) in [5.74, 6) is -17.0. The zero-order valence-electron chi connectivity index (χ0n) is 61.3. The summed E-state index contributed by atoms with van der Waals surface area (Å²) in [6, 6.07) is 8.46. The van der Waals surface area contributed by atoms with Crippen LogP contribution in [0.5, 0.6) is 11.5 Å². The standard InChI is InChI=1S/C73H94N18O19S2/c1-36(2)24-50(68(104)90-56(34-111)66(102)81-32-61(97)82-37(3)63(99)89-55(73(109)110)29-60(77)96)83-62(98)33-80-65(101)53(27-40-30-78-47-10-6-4-8-44(40)47)87-67(103)49(21-23-59(76)95)84-69(105)52(26-39-14-18-43(93)19-15-39)86-72(108)57(35-112)91-71(107)54(28-41-31-79-48-11-7-5-9-45(41)48)88-70(106)51(25-38-12-16-42(92)17-13-38)85-64(100)46(74)20-22-58(75)94/h4-19,30-31,36-37,46,49-57,78-79,92-93,111-112H,20-29,32-35,74H2,1-3H3,(H2,75,94)(H2,76,95)(H2,77,96)(H,80,101)(H,81,102)(H,82,97)(H,83,98)(H,84,105)(H,85,100)(H,86,108)(H,87,103)(H,88,106)(H,89,99)(H,90,104)(H,91,107)(H,109,110)/t37-,46-,49-,50-,51-,52-,53-,54-,55-,56-,57-/m0/s1. The highest BCUT2D eigenvalue weighted by Gasteiger charge is 2.37. The Balaban J connectivity index is 1.20. The largest absolute Gasteiger partial charge is 0.508 e. The van der Waals surface area contributed by atoms with E-state index in [1.54, 1.807) is 74.8 Å². The maximum absolute atomic E-state index is 14.9. The van der Waals surface area contributed by atoms with Crippen molar-refractivity contribution in [2.45, 2.75) is 151 Å². The topological polar surface area (TPSA) is 614 Å². The number of carbonyl (C=O) groups excluding carboxylic acids is 15. The highest BCUT2D eigenvalue weighted by molar-refractivity contribution is 7.80. The number of phenols is 2. The number of hydrogen-bond acceptors (Lipinski definition) is 21. The van der Waals surface area contributed by atoms with E-state index in [0.717, 1.165) is 0 Å². The van der Waals surface area contributed by atoms with Crippen LogP contribution in [0.4, 0.5) is 0 Å². The Morgan fingerprint density at radius 1 is 0.402 bits per heavy atom. The number of carbonyl (C=O) groups is 16. The number of benzene rings is 4. The van der Waals surface area contributed by atoms with Crippen molar-refractivity contribution in [2.75, 3.05) is 24.6 Å². The van der Waals surface area contributed by atoms with Crippen molar-refractivity contribution < 1.29 is 92.0 Å². The molecular weight excluding hydrogens is 1500 g/mol. The summed E-state index contributed by atoms with van der Waals surface area (Å²) in [5, 5.41) is 60.6. The Kier molecular flexibility index (Phi) is 34.2. The molecule has 39 heteroatoms. The molecule has 0 fully saturated rings. The van der Waals surface area contributed by atoms with Crippen molar-refractivity contribution in [3.63, 3.8) is 0 Å². The molecule has 602 valence electrons. The van der Waals surface area contributed by atoms with E-state index in [2.05, 4.69) is 99.0 Å². The third kappa shape index (κ3) is 28.3. The van der Waals surface area contributed by atoms with E-state index in [9.17, 15) is 92.0 Å². The highest BCUT2D eigenvalue weighted by Crippen LogP contribution is 2.22. The zero-order valence-corrected chi connectivity index (χ0v) is 63.1. The van der Waals surface area contributed by atoms with E-state index >= 15 is 0 Å². The van der Waals surface area contributed by atoms with Gasteiger partial charge in [0.15, 0.2) is 0 Å². The number of aromatic nitrogens is 2. The molecule has 0 unspecified atom stereocenters. The number of aromatic hydroxyl groups is 2. The SMILES string of the molecule is CC(C)C[C@H](NC(=O)CNC(=O)[C@H](Cc1c[nH]c2ccccc12)NC(=O)[C@H](CCC(N)=O)NC(=O)[C@H](Cc1ccc(O)cc1)NC(=O)[C@H](CS)NC(=O)[C@H](Cc1c[nH]c2ccccc12)NC(=O)[C@H](Cc1ccc(O)cc1)NC(=O)[C@@H](N)CCC(N)=O)C(=O)N[C@@H](CS)C(=O)NCC(=O)N[C@@H](C)C(=O)N[C@@H](CC(N)=O)C(=O)O. The molecule has 2 aromatic heterocycles. The zero-order chi connectivity index (χ0) is 82.5. The van der Waals surface area contributed by atoms with Gasteiger partial charge in [0.05, 0.1) is 25.6 Å². The Bertz CT molecular complexity index is 4390. The fourth-order valence-electron chi connectivity index (χ4n) is 11.5. The predicted octanol–water partition coefficient (Wildman–Crippen LogP) is -3.84. The minimum atomic E-state index is -1.72. The van der Waals surface area contributed by atoms with Crippen LogP contribution in [0, 0.1) is 5.92 Å². The number of carboxylic acid groups (broad SMARTS) is 1. The molecule has 0 spiro atoms. The van der Waals surface area contributed by atoms with Crippen LogP contribution in [0.3, 0.4) is 0 Å². The number of amides is 15. The second kappa shape index (κ2) is 43.2. The van der Waals surface area contributed by atoms with E-state index in [1.165, 1.54) is 55.5 Å². The van der Waals surface area contributed by atoms with Crippen LogP contribution < -0.4 is 86.7 Å². The monoisotopic (exact) mass is 1590 g/mol. The summed E-state index contributed by atoms with van der Waals surface area (Å²) in [6.45, 7) is 3.08. The molecule has 37 nitrogen and oxygen atoms in total. The number of aliphatic carboxylic acids is 1. The first-order chi connectivity index (χ1) is 53.1. The molecule has 112 heavy (non-hydrogen) atoms. The second-order valence-electron chi connectivity index (χ2n) is 26.8. The fraction of sp³-hybridized carbons (Fsp3) is 0.397. The minimum absolute atomic E-state index is 0.0220. The number of thiol groups is 2. The van der Waals surface area contributed by atoms with Gasteiger partial charge in [0.2, 0.25) is 88.6 Å². The van der Waals surface area contributed by atoms with Gasteiger partial charge in [-0.25, -0.2) is 4.79 Å². The number of aromatic amines is 2. The van der Waals surface area contributed by atoms with Gasteiger partial charge in [-0.15, -0.1) is 0 Å². The first-order valence-corrected chi connectivity index (χ1v) is 36.7. The van der Waals surface area contributed by atoms with Gasteiger partial charge < -0.3 is 112 Å². The highest BCUT2D eigenvalue weighted by atomic mass is 32.1. The van der Waals surface area contributed by atoms with Crippen LogP contribution >= 0.6 is 25.3 Å². The van der Waals surface area contributed by atoms with Gasteiger partial charge in [-0.1, -0.05) is 74.5 Å². The van der Waals surface area contributed by atoms with Gasteiger partial charge in [-0.3, -0.25) is 71.9 Å². The number of rotatable bonds is 45. The lowest BCUT2D eigenvalue weighted by atomic mass is 10.0. The maximum atomic E-state index is 14.9. The number of phenolic OH excluding ortho intramolecular Hbond substituents is 2. The molecule has 0 aliphatic heterocycles. The van der Waals surface area contributed by atoms with Gasteiger partial charge in [0.1, 0.15) is 71.9 Å². The van der Waals surface area contributed by atoms with Crippen LogP contribution in [0.25, 0.3) is 21.8 Å². The minimum Gasteiger partial charge on any atom is -0.508 e. The van der Waals surface area contributed by atoms with Gasteiger partial charge >= 0.3 is 5.97 Å². The first kappa shape index (κ1) is 88.6. The number of primary amides is 3. The van der Waals surface area contributed by atoms with E-state index < -0.39 is 199 Å². The average molecular weight is 1590 g/mol. The molecule has 0 radical (unpaired) electrons.